The molecule has 3 N–H and O–H groups in total. The molecule has 0 aliphatic heterocycles. The minimum atomic E-state index is -0.614. The second-order valence-corrected chi connectivity index (χ2v) is 3.72. The average molecular weight is 242 g/mol. The quantitative estimate of drug-likeness (QED) is 0.647. The number of carbonyl (C=O) groups excluding carboxylic acids is 1. The number of hydrogen-bond acceptors (Lipinski definition) is 5. The fourth-order valence-corrected chi connectivity index (χ4v) is 1.55. The molecule has 0 fully saturated rings. The van der Waals surface area contributed by atoms with E-state index < -0.39 is 5.91 Å². The van der Waals surface area contributed by atoms with Crippen LogP contribution in [0.5, 0.6) is 0 Å². The molecule has 0 saturated carbocycles. The summed E-state index contributed by atoms with van der Waals surface area (Å²) in [5, 5.41) is 16.4. The van der Waals surface area contributed by atoms with E-state index in [1.165, 1.54) is 0 Å². The Labute approximate surface area is 99.6 Å². The largest absolute Gasteiger partial charge is 0.396 e. The summed E-state index contributed by atoms with van der Waals surface area (Å²) in [4.78, 5) is 11.2. The molecule has 0 aliphatic carbocycles. The first kappa shape index (κ1) is 13.6. The van der Waals surface area contributed by atoms with Gasteiger partial charge in [-0.05, 0) is 19.8 Å². The van der Waals surface area contributed by atoms with Crippen molar-refractivity contribution in [2.45, 2.75) is 32.4 Å². The molecule has 1 rings (SSSR count). The fourth-order valence-electron chi connectivity index (χ4n) is 1.55. The van der Waals surface area contributed by atoms with Gasteiger partial charge in [-0.25, -0.2) is 4.68 Å². The highest BCUT2D eigenvalue weighted by Gasteiger charge is 2.22. The number of methoxy groups -OCH3 is 1. The maximum absolute atomic E-state index is 11.2. The van der Waals surface area contributed by atoms with Crippen LogP contribution in [0.1, 0.15) is 42.1 Å². The minimum absolute atomic E-state index is 0.131. The monoisotopic (exact) mass is 242 g/mol. The van der Waals surface area contributed by atoms with Crippen LogP contribution in [-0.4, -0.2) is 39.7 Å². The van der Waals surface area contributed by atoms with Crippen molar-refractivity contribution in [1.29, 1.82) is 0 Å². The second kappa shape index (κ2) is 6.31. The van der Waals surface area contributed by atoms with Gasteiger partial charge in [0.2, 0.25) is 0 Å². The maximum Gasteiger partial charge on any atom is 0.271 e. The summed E-state index contributed by atoms with van der Waals surface area (Å²) >= 11 is 0. The first-order chi connectivity index (χ1) is 8.11. The van der Waals surface area contributed by atoms with Crippen LogP contribution in [0.15, 0.2) is 0 Å². The van der Waals surface area contributed by atoms with E-state index in [4.69, 9.17) is 15.6 Å². The van der Waals surface area contributed by atoms with Crippen molar-refractivity contribution < 1.29 is 14.6 Å². The van der Waals surface area contributed by atoms with Crippen molar-refractivity contribution in [3.05, 3.63) is 11.4 Å². The Morgan fingerprint density at radius 3 is 2.82 bits per heavy atom. The summed E-state index contributed by atoms with van der Waals surface area (Å²) in [6.07, 6.45) is 1.12. The number of nitrogens with zero attached hydrogens (tertiary/aromatic N) is 3. The number of aromatic nitrogens is 3. The highest BCUT2D eigenvalue weighted by Crippen LogP contribution is 2.18. The molecular formula is C10H18N4O3. The number of primary amides is 1. The number of aliphatic hydroxyl groups is 1. The third kappa shape index (κ3) is 3.24. The Kier molecular flexibility index (Phi) is 5.05. The lowest BCUT2D eigenvalue weighted by atomic mass is 10.2. The van der Waals surface area contributed by atoms with E-state index in [9.17, 15) is 4.79 Å². The molecule has 17 heavy (non-hydrogen) atoms. The molecule has 1 amide bonds. The molecule has 1 aromatic heterocycles. The Morgan fingerprint density at radius 1 is 1.59 bits per heavy atom. The van der Waals surface area contributed by atoms with Crippen LogP contribution in [0.4, 0.5) is 0 Å². The number of amides is 1. The normalized spacial score (nSPS) is 12.6. The zero-order valence-corrected chi connectivity index (χ0v) is 10.1. The number of carbonyl (C=O) groups is 1. The lowest BCUT2D eigenvalue weighted by Crippen LogP contribution is -2.17. The zero-order valence-electron chi connectivity index (χ0n) is 10.1. The number of aryl methyl sites for hydroxylation is 1. The molecule has 1 heterocycles. The van der Waals surface area contributed by atoms with E-state index in [0.29, 0.717) is 18.7 Å². The van der Waals surface area contributed by atoms with Gasteiger partial charge in [-0.2, -0.15) is 0 Å². The highest BCUT2D eigenvalue weighted by atomic mass is 16.5. The van der Waals surface area contributed by atoms with Gasteiger partial charge in [0.15, 0.2) is 5.69 Å². The Bertz CT molecular complexity index is 378. The molecule has 0 aromatic carbocycles. The van der Waals surface area contributed by atoms with E-state index in [1.807, 2.05) is 0 Å². The van der Waals surface area contributed by atoms with Crippen molar-refractivity contribution in [3.8, 4) is 0 Å². The van der Waals surface area contributed by atoms with Gasteiger partial charge >= 0.3 is 0 Å². The maximum atomic E-state index is 11.2. The van der Waals surface area contributed by atoms with Crippen molar-refractivity contribution in [3.63, 3.8) is 0 Å². The van der Waals surface area contributed by atoms with Gasteiger partial charge in [0.05, 0.1) is 6.10 Å². The third-order valence-electron chi connectivity index (χ3n) is 2.52. The molecule has 0 bridgehead atoms. The van der Waals surface area contributed by atoms with Crippen LogP contribution in [0.3, 0.4) is 0 Å². The summed E-state index contributed by atoms with van der Waals surface area (Å²) in [7, 11) is 1.54. The summed E-state index contributed by atoms with van der Waals surface area (Å²) in [6, 6.07) is 0. The van der Waals surface area contributed by atoms with Gasteiger partial charge in [0.1, 0.15) is 5.69 Å². The fraction of sp³-hybridized carbons (Fsp3) is 0.700. The van der Waals surface area contributed by atoms with Crippen LogP contribution in [-0.2, 0) is 11.3 Å². The number of unbranched alkanes of at least 4 members (excludes halogenated alkanes) is 1. The van der Waals surface area contributed by atoms with E-state index in [0.717, 1.165) is 6.42 Å². The molecule has 1 atom stereocenters. The SMILES string of the molecule is COC(C)c1c(C(N)=O)nnn1CCCCO. The Hall–Kier alpha value is -1.47. The summed E-state index contributed by atoms with van der Waals surface area (Å²) in [5.74, 6) is -0.614. The average Bonchev–Trinajstić information content (AvgIpc) is 2.72. The predicted molar refractivity (Wildman–Crippen MR) is 60.3 cm³/mol. The van der Waals surface area contributed by atoms with E-state index in [2.05, 4.69) is 10.3 Å². The number of nitrogens with two attached hydrogens (primary N) is 1. The van der Waals surface area contributed by atoms with E-state index >= 15 is 0 Å². The Balaban J connectivity index is 2.92. The van der Waals surface area contributed by atoms with Crippen LogP contribution < -0.4 is 5.73 Å². The standard InChI is InChI=1S/C10H18N4O3/c1-7(17-2)9-8(10(11)16)12-13-14(9)5-3-4-6-15/h7,15H,3-6H2,1-2H3,(H2,11,16). The van der Waals surface area contributed by atoms with E-state index in [-0.39, 0.29) is 18.4 Å². The summed E-state index contributed by atoms with van der Waals surface area (Å²) < 4.78 is 6.78. The third-order valence-corrected chi connectivity index (χ3v) is 2.52. The zero-order chi connectivity index (χ0) is 12.8. The smallest absolute Gasteiger partial charge is 0.271 e. The van der Waals surface area contributed by atoms with Gasteiger partial charge < -0.3 is 15.6 Å². The van der Waals surface area contributed by atoms with Gasteiger partial charge in [-0.3, -0.25) is 4.79 Å². The minimum Gasteiger partial charge on any atom is -0.396 e. The van der Waals surface area contributed by atoms with Gasteiger partial charge in [0, 0.05) is 20.3 Å². The molecule has 7 nitrogen and oxygen atoms in total. The van der Waals surface area contributed by atoms with Crippen LogP contribution in [0, 0.1) is 0 Å². The molecule has 0 radical (unpaired) electrons. The van der Waals surface area contributed by atoms with E-state index in [1.54, 1.807) is 18.7 Å². The Morgan fingerprint density at radius 2 is 2.29 bits per heavy atom. The van der Waals surface area contributed by atoms with Crippen molar-refractivity contribution >= 4 is 5.91 Å². The number of hydrogen-bond donors (Lipinski definition) is 2. The van der Waals surface area contributed by atoms with Gasteiger partial charge in [0.25, 0.3) is 5.91 Å². The predicted octanol–water partition coefficient (Wildman–Crippen LogP) is -0.143. The number of ether oxygens (including phenoxy) is 1. The van der Waals surface area contributed by atoms with Gasteiger partial charge in [-0.15, -0.1) is 5.10 Å². The second-order valence-electron chi connectivity index (χ2n) is 3.72. The van der Waals surface area contributed by atoms with Crippen LogP contribution in [0.25, 0.3) is 0 Å². The number of rotatable bonds is 7. The highest BCUT2D eigenvalue weighted by molar-refractivity contribution is 5.91. The summed E-state index contributed by atoms with van der Waals surface area (Å²) in [5.41, 5.74) is 5.95. The molecule has 1 unspecified atom stereocenters. The van der Waals surface area contributed by atoms with Crippen LogP contribution >= 0.6 is 0 Å². The topological polar surface area (TPSA) is 103 Å². The lowest BCUT2D eigenvalue weighted by Gasteiger charge is -2.12. The first-order valence-corrected chi connectivity index (χ1v) is 5.48. The summed E-state index contributed by atoms with van der Waals surface area (Å²) in [6.45, 7) is 2.50. The van der Waals surface area contributed by atoms with Crippen molar-refractivity contribution in [2.75, 3.05) is 13.7 Å². The molecule has 0 spiro atoms. The van der Waals surface area contributed by atoms with Crippen molar-refractivity contribution in [1.82, 2.24) is 15.0 Å². The molecule has 0 aliphatic rings. The first-order valence-electron chi connectivity index (χ1n) is 5.48. The molecule has 1 aromatic rings. The van der Waals surface area contributed by atoms with Crippen LogP contribution in [0.2, 0.25) is 0 Å². The molecule has 96 valence electrons. The van der Waals surface area contributed by atoms with Gasteiger partial charge in [-0.1, -0.05) is 5.21 Å². The number of aliphatic hydroxyl groups excluding tert-OH is 1. The molecule has 0 saturated heterocycles. The molecule has 7 heteroatoms. The molecular weight excluding hydrogens is 224 g/mol. The lowest BCUT2D eigenvalue weighted by molar-refractivity contribution is 0.0960. The van der Waals surface area contributed by atoms with Crippen molar-refractivity contribution in [2.24, 2.45) is 5.73 Å².